The number of rotatable bonds is 2. The molecular weight excluding hydrogens is 290 g/mol. The Morgan fingerprint density at radius 3 is 2.04 bits per heavy atom. The van der Waals surface area contributed by atoms with E-state index in [1.165, 1.54) is 12.8 Å². The maximum Gasteiger partial charge on any atom is 0.315 e. The molecule has 5 heteroatoms. The number of likely N-dealkylation sites (tertiary alicyclic amines) is 1. The van der Waals surface area contributed by atoms with E-state index < -0.39 is 5.41 Å². The van der Waals surface area contributed by atoms with Crippen molar-refractivity contribution in [1.82, 2.24) is 9.80 Å². The van der Waals surface area contributed by atoms with Gasteiger partial charge in [-0.15, -0.1) is 0 Å². The molecule has 0 radical (unpaired) electrons. The first-order valence-corrected chi connectivity index (χ1v) is 9.00. The minimum atomic E-state index is -0.396. The predicted octanol–water partition coefficient (Wildman–Crippen LogP) is 2.98. The van der Waals surface area contributed by atoms with Gasteiger partial charge >= 0.3 is 6.03 Å². The summed E-state index contributed by atoms with van der Waals surface area (Å²) < 4.78 is 0. The predicted molar refractivity (Wildman–Crippen MR) is 91.9 cm³/mol. The van der Waals surface area contributed by atoms with E-state index in [-0.39, 0.29) is 24.0 Å². The summed E-state index contributed by atoms with van der Waals surface area (Å²) in [5, 5.41) is 0. The van der Waals surface area contributed by atoms with Gasteiger partial charge in [0, 0.05) is 24.0 Å². The first-order chi connectivity index (χ1) is 10.6. The van der Waals surface area contributed by atoms with Gasteiger partial charge in [-0.05, 0) is 44.9 Å². The number of urea groups is 1. The highest BCUT2D eigenvalue weighted by atomic mass is 16.2. The summed E-state index contributed by atoms with van der Waals surface area (Å²) in [6.07, 6.45) is 5.34. The quantitative estimate of drug-likeness (QED) is 0.849. The van der Waals surface area contributed by atoms with Crippen molar-refractivity contribution in [2.45, 2.75) is 84.8 Å². The Morgan fingerprint density at radius 2 is 1.61 bits per heavy atom. The molecule has 0 aromatic heterocycles. The highest BCUT2D eigenvalue weighted by molar-refractivity contribution is 5.82. The Morgan fingerprint density at radius 1 is 1.04 bits per heavy atom. The summed E-state index contributed by atoms with van der Waals surface area (Å²) in [6, 6.07) is 0.140. The molecule has 0 aromatic carbocycles. The van der Waals surface area contributed by atoms with Crippen LogP contribution >= 0.6 is 0 Å². The number of amides is 3. The van der Waals surface area contributed by atoms with Crippen LogP contribution in [0.4, 0.5) is 4.79 Å². The fraction of sp³-hybridized carbons (Fsp3) is 0.889. The molecule has 132 valence electrons. The lowest BCUT2D eigenvalue weighted by atomic mass is 9.84. The normalized spacial score (nSPS) is 32.0. The standard InChI is InChI=1S/C18H33N3O2/c1-12-6-8-14(9-7-12)21(16(22)18(3,4)5)15-10-13(2)20(11-15)17(19)23/h12-15H,6-11H2,1-5H3,(H2,19,23)/t12?,13?,14?,15-/m0/s1. The van der Waals surface area contributed by atoms with Crippen LogP contribution in [0.5, 0.6) is 0 Å². The molecule has 23 heavy (non-hydrogen) atoms. The largest absolute Gasteiger partial charge is 0.351 e. The van der Waals surface area contributed by atoms with Gasteiger partial charge in [-0.1, -0.05) is 27.7 Å². The van der Waals surface area contributed by atoms with Gasteiger partial charge in [-0.25, -0.2) is 4.79 Å². The molecule has 1 saturated carbocycles. The molecule has 1 heterocycles. The van der Waals surface area contributed by atoms with Gasteiger partial charge in [0.15, 0.2) is 0 Å². The minimum absolute atomic E-state index is 0.0997. The smallest absolute Gasteiger partial charge is 0.315 e. The van der Waals surface area contributed by atoms with Crippen LogP contribution < -0.4 is 5.73 Å². The second kappa shape index (κ2) is 6.70. The van der Waals surface area contributed by atoms with Crippen molar-refractivity contribution in [2.75, 3.05) is 6.54 Å². The molecule has 2 fully saturated rings. The lowest BCUT2D eigenvalue weighted by molar-refractivity contribution is -0.145. The summed E-state index contributed by atoms with van der Waals surface area (Å²) in [5.74, 6) is 0.961. The molecule has 2 N–H and O–H groups in total. The molecule has 0 spiro atoms. The first-order valence-electron chi connectivity index (χ1n) is 9.00. The number of nitrogens with zero attached hydrogens (tertiary/aromatic N) is 2. The Kier molecular flexibility index (Phi) is 5.27. The zero-order valence-electron chi connectivity index (χ0n) is 15.3. The third-order valence-corrected chi connectivity index (χ3v) is 5.48. The second-order valence-electron chi connectivity index (χ2n) is 8.61. The monoisotopic (exact) mass is 323 g/mol. The molecule has 3 amide bonds. The molecular formula is C18H33N3O2. The van der Waals surface area contributed by atoms with Crippen molar-refractivity contribution >= 4 is 11.9 Å². The van der Waals surface area contributed by atoms with E-state index in [1.807, 2.05) is 27.7 Å². The van der Waals surface area contributed by atoms with Crippen molar-refractivity contribution in [1.29, 1.82) is 0 Å². The van der Waals surface area contributed by atoms with E-state index >= 15 is 0 Å². The molecule has 1 saturated heterocycles. The van der Waals surface area contributed by atoms with Crippen molar-refractivity contribution in [2.24, 2.45) is 17.1 Å². The third kappa shape index (κ3) is 3.99. The number of hydrogen-bond acceptors (Lipinski definition) is 2. The SMILES string of the molecule is CC1CCC(N(C(=O)C(C)(C)C)[C@H]2CC(C)N(C(N)=O)C2)CC1. The lowest BCUT2D eigenvalue weighted by Gasteiger charge is -2.42. The first kappa shape index (κ1) is 18.1. The fourth-order valence-electron chi connectivity index (χ4n) is 4.05. The van der Waals surface area contributed by atoms with Crippen molar-refractivity contribution < 1.29 is 9.59 Å². The van der Waals surface area contributed by atoms with Gasteiger partial charge in [0.25, 0.3) is 0 Å². The summed E-state index contributed by atoms with van der Waals surface area (Å²) in [4.78, 5) is 28.5. The van der Waals surface area contributed by atoms with Crippen LogP contribution in [0.3, 0.4) is 0 Å². The Hall–Kier alpha value is -1.26. The number of carbonyl (C=O) groups excluding carboxylic acids is 2. The molecule has 5 nitrogen and oxygen atoms in total. The average Bonchev–Trinajstić information content (AvgIpc) is 2.82. The van der Waals surface area contributed by atoms with Crippen LogP contribution in [0.15, 0.2) is 0 Å². The molecule has 1 aliphatic carbocycles. The van der Waals surface area contributed by atoms with Crippen LogP contribution in [-0.2, 0) is 4.79 Å². The third-order valence-electron chi connectivity index (χ3n) is 5.48. The maximum atomic E-state index is 13.1. The summed E-state index contributed by atoms with van der Waals surface area (Å²) >= 11 is 0. The Balaban J connectivity index is 2.20. The fourth-order valence-corrected chi connectivity index (χ4v) is 4.05. The van der Waals surface area contributed by atoms with E-state index in [4.69, 9.17) is 5.73 Å². The van der Waals surface area contributed by atoms with E-state index in [1.54, 1.807) is 4.90 Å². The van der Waals surface area contributed by atoms with Crippen LogP contribution in [-0.4, -0.2) is 46.4 Å². The topological polar surface area (TPSA) is 66.6 Å². The summed E-state index contributed by atoms with van der Waals surface area (Å²) in [5.41, 5.74) is 5.10. The lowest BCUT2D eigenvalue weighted by Crippen LogP contribution is -2.53. The van der Waals surface area contributed by atoms with Crippen LogP contribution in [0.2, 0.25) is 0 Å². The van der Waals surface area contributed by atoms with Gasteiger partial charge < -0.3 is 15.5 Å². The number of carbonyl (C=O) groups is 2. The van der Waals surface area contributed by atoms with Gasteiger partial charge in [0.1, 0.15) is 0 Å². The van der Waals surface area contributed by atoms with Gasteiger partial charge in [-0.2, -0.15) is 0 Å². The average molecular weight is 323 g/mol. The molecule has 0 aromatic rings. The maximum absolute atomic E-state index is 13.1. The second-order valence-corrected chi connectivity index (χ2v) is 8.61. The zero-order chi connectivity index (χ0) is 17.4. The molecule has 2 atom stereocenters. The Bertz CT molecular complexity index is 450. The van der Waals surface area contributed by atoms with E-state index in [9.17, 15) is 9.59 Å². The van der Waals surface area contributed by atoms with Crippen LogP contribution in [0.25, 0.3) is 0 Å². The van der Waals surface area contributed by atoms with Gasteiger partial charge in [0.2, 0.25) is 5.91 Å². The zero-order valence-corrected chi connectivity index (χ0v) is 15.3. The summed E-state index contributed by atoms with van der Waals surface area (Å²) in [6.45, 7) is 10.8. The van der Waals surface area contributed by atoms with Crippen molar-refractivity contribution in [3.05, 3.63) is 0 Å². The minimum Gasteiger partial charge on any atom is -0.351 e. The Labute approximate surface area is 140 Å². The van der Waals surface area contributed by atoms with Gasteiger partial charge in [-0.3, -0.25) is 4.79 Å². The number of primary amides is 1. The number of hydrogen-bond donors (Lipinski definition) is 1. The highest BCUT2D eigenvalue weighted by Crippen LogP contribution is 2.34. The van der Waals surface area contributed by atoms with Gasteiger partial charge in [0.05, 0.1) is 6.04 Å². The summed E-state index contributed by atoms with van der Waals surface area (Å²) in [7, 11) is 0. The highest BCUT2D eigenvalue weighted by Gasteiger charge is 2.42. The molecule has 2 aliphatic rings. The van der Waals surface area contributed by atoms with Crippen molar-refractivity contribution in [3.8, 4) is 0 Å². The number of nitrogens with two attached hydrogens (primary N) is 1. The van der Waals surface area contributed by atoms with Crippen LogP contribution in [0.1, 0.15) is 66.7 Å². The molecule has 1 unspecified atom stereocenters. The molecule has 1 aliphatic heterocycles. The van der Waals surface area contributed by atoms with E-state index in [2.05, 4.69) is 11.8 Å². The van der Waals surface area contributed by atoms with E-state index in [0.717, 1.165) is 25.2 Å². The van der Waals surface area contributed by atoms with Crippen molar-refractivity contribution in [3.63, 3.8) is 0 Å². The van der Waals surface area contributed by atoms with Crippen LogP contribution in [0, 0.1) is 11.3 Å². The molecule has 0 bridgehead atoms. The van der Waals surface area contributed by atoms with E-state index in [0.29, 0.717) is 12.6 Å². The molecule has 2 rings (SSSR count).